The fourth-order valence-electron chi connectivity index (χ4n) is 6.70. The summed E-state index contributed by atoms with van der Waals surface area (Å²) in [7, 11) is 1.89. The molecule has 0 unspecified atom stereocenters. The zero-order valence-electron chi connectivity index (χ0n) is 17.4. The number of aryl methyl sites for hydroxylation is 1. The Morgan fingerprint density at radius 1 is 1.03 bits per heavy atom. The Balaban J connectivity index is 1.36. The van der Waals surface area contributed by atoms with E-state index in [0.717, 1.165) is 18.3 Å². The zero-order valence-corrected chi connectivity index (χ0v) is 17.4. The van der Waals surface area contributed by atoms with Crippen LogP contribution in [0.5, 0.6) is 5.75 Å². The smallest absolute Gasteiger partial charge is 0.343 e. The summed E-state index contributed by atoms with van der Waals surface area (Å²) in [6, 6.07) is 15.5. The van der Waals surface area contributed by atoms with Crippen molar-refractivity contribution in [1.82, 2.24) is 0 Å². The maximum Gasteiger partial charge on any atom is 0.343 e. The number of benzene rings is 2. The van der Waals surface area contributed by atoms with E-state index in [1.165, 1.54) is 43.2 Å². The number of carbonyl (C=O) groups is 1. The van der Waals surface area contributed by atoms with Gasteiger partial charge < -0.3 is 9.47 Å². The van der Waals surface area contributed by atoms with Gasteiger partial charge in [0.25, 0.3) is 0 Å². The first-order chi connectivity index (χ1) is 14.1. The number of esters is 1. The largest absolute Gasteiger partial charge is 0.423 e. The minimum Gasteiger partial charge on any atom is -0.423 e. The van der Waals surface area contributed by atoms with Crippen molar-refractivity contribution < 1.29 is 14.3 Å². The molecule has 0 aliphatic heterocycles. The highest BCUT2D eigenvalue weighted by atomic mass is 16.5. The van der Waals surface area contributed by atoms with Gasteiger partial charge in [0.1, 0.15) is 5.75 Å². The third kappa shape index (κ3) is 3.11. The first-order valence-electron chi connectivity index (χ1n) is 11.0. The molecule has 3 aliphatic rings. The van der Waals surface area contributed by atoms with Crippen LogP contribution < -0.4 is 4.74 Å². The Morgan fingerprint density at radius 2 is 1.86 bits per heavy atom. The summed E-state index contributed by atoms with van der Waals surface area (Å²) in [5.74, 6) is 2.56. The van der Waals surface area contributed by atoms with Crippen LogP contribution in [0.2, 0.25) is 0 Å². The molecule has 0 saturated heterocycles. The van der Waals surface area contributed by atoms with E-state index < -0.39 is 0 Å². The standard InChI is InChI=1S/C26H30O3/c1-26-15-14-21-20-11-9-19(29-25(27)17-6-4-3-5-7-17)16-18(20)8-10-22(21)23(26)12-13-24(26)28-2/h3-7,9,11,16,21-24H,8,10,12-15H2,1-2H3/t21-,22-,23+,24+,26+/m1/s1. The lowest BCUT2D eigenvalue weighted by Gasteiger charge is -2.50. The second-order valence-corrected chi connectivity index (χ2v) is 9.38. The zero-order chi connectivity index (χ0) is 20.0. The Hall–Kier alpha value is -2.13. The van der Waals surface area contributed by atoms with Crippen LogP contribution >= 0.6 is 0 Å². The van der Waals surface area contributed by atoms with Crippen molar-refractivity contribution in [3.8, 4) is 5.75 Å². The molecule has 0 aromatic heterocycles. The summed E-state index contributed by atoms with van der Waals surface area (Å²) in [6.07, 6.45) is 7.76. The van der Waals surface area contributed by atoms with Crippen LogP contribution in [0.25, 0.3) is 0 Å². The van der Waals surface area contributed by atoms with Gasteiger partial charge in [-0.1, -0.05) is 31.2 Å². The minimum atomic E-state index is -0.288. The second kappa shape index (κ2) is 7.28. The molecule has 5 rings (SSSR count). The third-order valence-corrected chi connectivity index (χ3v) is 8.12. The molecule has 3 heteroatoms. The lowest BCUT2D eigenvalue weighted by atomic mass is 9.55. The molecule has 0 heterocycles. The quantitative estimate of drug-likeness (QED) is 0.492. The third-order valence-electron chi connectivity index (χ3n) is 8.12. The van der Waals surface area contributed by atoms with Gasteiger partial charge in [0.15, 0.2) is 0 Å². The summed E-state index contributed by atoms with van der Waals surface area (Å²) < 4.78 is 11.5. The SMILES string of the molecule is CO[C@H]1CC[C@H]2[C@@H]3CCc4cc(OC(=O)c5ccccc5)ccc4[C@H]3CC[C@]12C. The molecule has 0 radical (unpaired) electrons. The number of rotatable bonds is 3. The van der Waals surface area contributed by atoms with Crippen LogP contribution in [0.1, 0.15) is 66.4 Å². The molecule has 3 aliphatic carbocycles. The van der Waals surface area contributed by atoms with Crippen LogP contribution in [0.4, 0.5) is 0 Å². The van der Waals surface area contributed by atoms with E-state index in [1.807, 2.05) is 31.4 Å². The highest BCUT2D eigenvalue weighted by Gasteiger charge is 2.54. The average Bonchev–Trinajstić information content (AvgIpc) is 3.10. The van der Waals surface area contributed by atoms with Gasteiger partial charge in [-0.2, -0.15) is 0 Å². The van der Waals surface area contributed by atoms with E-state index in [2.05, 4.69) is 19.1 Å². The van der Waals surface area contributed by atoms with Crippen LogP contribution in [0, 0.1) is 17.3 Å². The summed E-state index contributed by atoms with van der Waals surface area (Å²) in [4.78, 5) is 12.4. The molecule has 152 valence electrons. The molecule has 5 atom stereocenters. The Morgan fingerprint density at radius 3 is 2.66 bits per heavy atom. The summed E-state index contributed by atoms with van der Waals surface area (Å²) >= 11 is 0. The summed E-state index contributed by atoms with van der Waals surface area (Å²) in [5, 5.41) is 0. The molecular weight excluding hydrogens is 360 g/mol. The molecular formula is C26H30O3. The normalized spacial score (nSPS) is 32.8. The van der Waals surface area contributed by atoms with Crippen LogP contribution in [0.15, 0.2) is 48.5 Å². The van der Waals surface area contributed by atoms with Gasteiger partial charge in [-0.3, -0.25) is 0 Å². The molecule has 2 aromatic carbocycles. The number of fused-ring (bicyclic) bond motifs is 5. The van der Waals surface area contributed by atoms with Crippen molar-refractivity contribution in [2.75, 3.05) is 7.11 Å². The Kier molecular flexibility index (Phi) is 4.74. The van der Waals surface area contributed by atoms with Crippen molar-refractivity contribution in [2.24, 2.45) is 17.3 Å². The molecule has 0 amide bonds. The van der Waals surface area contributed by atoms with Gasteiger partial charge in [-0.15, -0.1) is 0 Å². The Labute approximate surface area is 173 Å². The van der Waals surface area contributed by atoms with Gasteiger partial charge in [0, 0.05) is 7.11 Å². The van der Waals surface area contributed by atoms with Crippen molar-refractivity contribution in [1.29, 1.82) is 0 Å². The second-order valence-electron chi connectivity index (χ2n) is 9.38. The molecule has 2 fully saturated rings. The summed E-state index contributed by atoms with van der Waals surface area (Å²) in [6.45, 7) is 2.47. The van der Waals surface area contributed by atoms with E-state index in [1.54, 1.807) is 12.1 Å². The number of carbonyl (C=O) groups excluding carboxylic acids is 1. The lowest BCUT2D eigenvalue weighted by molar-refractivity contribution is -0.0444. The molecule has 0 spiro atoms. The molecule has 2 aromatic rings. The van der Waals surface area contributed by atoms with Gasteiger partial charge in [0.05, 0.1) is 11.7 Å². The van der Waals surface area contributed by atoms with Gasteiger partial charge in [-0.05, 0) is 97.1 Å². The monoisotopic (exact) mass is 390 g/mol. The molecule has 0 bridgehead atoms. The average molecular weight is 391 g/mol. The van der Waals surface area contributed by atoms with Crippen LogP contribution in [-0.4, -0.2) is 19.2 Å². The highest BCUT2D eigenvalue weighted by molar-refractivity contribution is 5.91. The van der Waals surface area contributed by atoms with E-state index in [9.17, 15) is 4.79 Å². The first kappa shape index (κ1) is 18.9. The van der Waals surface area contributed by atoms with Crippen molar-refractivity contribution >= 4 is 5.97 Å². The van der Waals surface area contributed by atoms with Gasteiger partial charge in [-0.25, -0.2) is 4.79 Å². The molecule has 2 saturated carbocycles. The number of methoxy groups -OCH3 is 1. The van der Waals surface area contributed by atoms with Crippen LogP contribution in [-0.2, 0) is 11.2 Å². The van der Waals surface area contributed by atoms with E-state index in [4.69, 9.17) is 9.47 Å². The van der Waals surface area contributed by atoms with E-state index in [-0.39, 0.29) is 5.97 Å². The topological polar surface area (TPSA) is 35.5 Å². The maximum absolute atomic E-state index is 12.4. The Bertz CT molecular complexity index is 905. The van der Waals surface area contributed by atoms with Gasteiger partial charge >= 0.3 is 5.97 Å². The van der Waals surface area contributed by atoms with Crippen molar-refractivity contribution in [3.63, 3.8) is 0 Å². The maximum atomic E-state index is 12.4. The fraction of sp³-hybridized carbons (Fsp3) is 0.500. The molecule has 3 nitrogen and oxygen atoms in total. The first-order valence-corrected chi connectivity index (χ1v) is 11.0. The lowest BCUT2D eigenvalue weighted by Crippen LogP contribution is -2.44. The molecule has 29 heavy (non-hydrogen) atoms. The predicted molar refractivity (Wildman–Crippen MR) is 113 cm³/mol. The van der Waals surface area contributed by atoms with Gasteiger partial charge in [0.2, 0.25) is 0 Å². The number of hydrogen-bond donors (Lipinski definition) is 0. The minimum absolute atomic E-state index is 0.288. The van der Waals surface area contributed by atoms with Crippen molar-refractivity contribution in [2.45, 2.75) is 57.5 Å². The molecule has 0 N–H and O–H groups in total. The van der Waals surface area contributed by atoms with Crippen LogP contribution in [0.3, 0.4) is 0 Å². The highest BCUT2D eigenvalue weighted by Crippen LogP contribution is 2.61. The van der Waals surface area contributed by atoms with Crippen molar-refractivity contribution in [3.05, 3.63) is 65.2 Å². The van der Waals surface area contributed by atoms with E-state index in [0.29, 0.717) is 28.7 Å². The predicted octanol–water partition coefficient (Wildman–Crippen LogP) is 5.78. The number of hydrogen-bond acceptors (Lipinski definition) is 3. The summed E-state index contributed by atoms with van der Waals surface area (Å²) in [5.41, 5.74) is 3.79. The van der Waals surface area contributed by atoms with E-state index >= 15 is 0 Å². The number of ether oxygens (including phenoxy) is 2. The fourth-order valence-corrected chi connectivity index (χ4v) is 6.70.